The van der Waals surface area contributed by atoms with Crippen LogP contribution in [0.1, 0.15) is 39.5 Å². The molecule has 0 aromatic carbocycles. The maximum absolute atomic E-state index is 12.3. The second-order valence-electron chi connectivity index (χ2n) is 5.22. The van der Waals surface area contributed by atoms with Gasteiger partial charge in [-0.25, -0.2) is 0 Å². The molecule has 0 aliphatic carbocycles. The standard InChI is InChI=1S/C13H24N2O2.ClH/c1-3-12-5-4-10(2)15(12)13(16)8-11-9-17-7-6-14-11;/h10-12,14H,3-9H2,1-2H3;1H. The van der Waals surface area contributed by atoms with Crippen LogP contribution in [-0.4, -0.2) is 48.7 Å². The first-order valence-corrected chi connectivity index (χ1v) is 6.84. The molecule has 3 unspecified atom stereocenters. The van der Waals surface area contributed by atoms with Crippen LogP contribution in [0.25, 0.3) is 0 Å². The van der Waals surface area contributed by atoms with Crippen LogP contribution >= 0.6 is 12.4 Å². The topological polar surface area (TPSA) is 41.6 Å². The Hall–Kier alpha value is -0.320. The normalized spacial score (nSPS) is 32.1. The van der Waals surface area contributed by atoms with E-state index in [1.54, 1.807) is 0 Å². The Morgan fingerprint density at radius 1 is 1.44 bits per heavy atom. The van der Waals surface area contributed by atoms with Gasteiger partial charge in [-0.15, -0.1) is 12.4 Å². The molecular weight excluding hydrogens is 252 g/mol. The van der Waals surface area contributed by atoms with Gasteiger partial charge >= 0.3 is 0 Å². The summed E-state index contributed by atoms with van der Waals surface area (Å²) in [5.74, 6) is 0.296. The first kappa shape index (κ1) is 15.7. The van der Waals surface area contributed by atoms with E-state index in [4.69, 9.17) is 4.74 Å². The Labute approximate surface area is 116 Å². The number of nitrogens with one attached hydrogen (secondary N) is 1. The molecule has 0 aromatic rings. The molecule has 0 spiro atoms. The van der Waals surface area contributed by atoms with Crippen LogP contribution in [-0.2, 0) is 9.53 Å². The quantitative estimate of drug-likeness (QED) is 0.851. The predicted octanol–water partition coefficient (Wildman–Crippen LogP) is 1.58. The average molecular weight is 277 g/mol. The van der Waals surface area contributed by atoms with E-state index in [-0.39, 0.29) is 18.4 Å². The molecule has 2 saturated heterocycles. The highest BCUT2D eigenvalue weighted by Crippen LogP contribution is 2.26. The number of hydrogen-bond acceptors (Lipinski definition) is 3. The number of halogens is 1. The number of carbonyl (C=O) groups excluding carboxylic acids is 1. The molecule has 4 nitrogen and oxygen atoms in total. The summed E-state index contributed by atoms with van der Waals surface area (Å²) in [5, 5.41) is 3.35. The van der Waals surface area contributed by atoms with E-state index in [2.05, 4.69) is 24.1 Å². The Kier molecular flexibility index (Phi) is 6.39. The Morgan fingerprint density at radius 2 is 2.22 bits per heavy atom. The number of carbonyl (C=O) groups is 1. The second-order valence-corrected chi connectivity index (χ2v) is 5.22. The lowest BCUT2D eigenvalue weighted by Crippen LogP contribution is -2.47. The fraction of sp³-hybridized carbons (Fsp3) is 0.923. The zero-order chi connectivity index (χ0) is 12.3. The number of morpholine rings is 1. The van der Waals surface area contributed by atoms with Gasteiger partial charge in [-0.3, -0.25) is 4.79 Å². The van der Waals surface area contributed by atoms with E-state index in [1.807, 2.05) is 0 Å². The summed E-state index contributed by atoms with van der Waals surface area (Å²) in [6.45, 7) is 6.64. The molecule has 0 radical (unpaired) electrons. The number of hydrogen-bond donors (Lipinski definition) is 1. The number of nitrogens with zero attached hydrogens (tertiary/aromatic N) is 1. The number of likely N-dealkylation sites (tertiary alicyclic amines) is 1. The van der Waals surface area contributed by atoms with Crippen LogP contribution in [0, 0.1) is 0 Å². The molecule has 106 valence electrons. The maximum atomic E-state index is 12.3. The lowest BCUT2D eigenvalue weighted by atomic mass is 10.1. The molecule has 2 fully saturated rings. The minimum absolute atomic E-state index is 0. The third-order valence-electron chi connectivity index (χ3n) is 3.96. The van der Waals surface area contributed by atoms with Crippen molar-refractivity contribution in [2.24, 2.45) is 0 Å². The molecule has 1 N–H and O–H groups in total. The van der Waals surface area contributed by atoms with Crippen molar-refractivity contribution < 1.29 is 9.53 Å². The van der Waals surface area contributed by atoms with Crippen molar-refractivity contribution in [2.75, 3.05) is 19.8 Å². The third kappa shape index (κ3) is 3.59. The molecule has 0 aromatic heterocycles. The highest BCUT2D eigenvalue weighted by atomic mass is 35.5. The van der Waals surface area contributed by atoms with E-state index in [0.29, 0.717) is 31.0 Å². The summed E-state index contributed by atoms with van der Waals surface area (Å²) in [7, 11) is 0. The van der Waals surface area contributed by atoms with Gasteiger partial charge in [0.05, 0.1) is 13.2 Å². The molecule has 1 amide bonds. The monoisotopic (exact) mass is 276 g/mol. The highest BCUT2D eigenvalue weighted by Gasteiger charge is 2.33. The first-order valence-electron chi connectivity index (χ1n) is 6.84. The zero-order valence-corrected chi connectivity index (χ0v) is 12.2. The molecule has 0 saturated carbocycles. The van der Waals surface area contributed by atoms with Gasteiger partial charge in [-0.1, -0.05) is 6.92 Å². The Bertz CT molecular complexity index is 270. The summed E-state index contributed by atoms with van der Waals surface area (Å²) < 4.78 is 5.39. The second kappa shape index (κ2) is 7.31. The summed E-state index contributed by atoms with van der Waals surface area (Å²) in [6.07, 6.45) is 3.97. The molecule has 3 atom stereocenters. The van der Waals surface area contributed by atoms with E-state index in [1.165, 1.54) is 0 Å². The minimum atomic E-state index is 0. The van der Waals surface area contributed by atoms with Crippen molar-refractivity contribution in [3.63, 3.8) is 0 Å². The number of amides is 1. The van der Waals surface area contributed by atoms with Crippen LogP contribution in [0.15, 0.2) is 0 Å². The molecule has 5 heteroatoms. The summed E-state index contributed by atoms with van der Waals surface area (Å²) in [6, 6.07) is 1.08. The smallest absolute Gasteiger partial charge is 0.224 e. The van der Waals surface area contributed by atoms with Crippen molar-refractivity contribution in [1.29, 1.82) is 0 Å². The van der Waals surface area contributed by atoms with E-state index in [9.17, 15) is 4.79 Å². The summed E-state index contributed by atoms with van der Waals surface area (Å²) >= 11 is 0. The third-order valence-corrected chi connectivity index (χ3v) is 3.96. The van der Waals surface area contributed by atoms with Gasteiger partial charge in [0.1, 0.15) is 0 Å². The minimum Gasteiger partial charge on any atom is -0.378 e. The van der Waals surface area contributed by atoms with Gasteiger partial charge < -0.3 is 15.0 Å². The molecule has 2 heterocycles. The summed E-state index contributed by atoms with van der Waals surface area (Å²) in [4.78, 5) is 14.4. The van der Waals surface area contributed by atoms with Gasteiger partial charge in [0.15, 0.2) is 0 Å². The van der Waals surface area contributed by atoms with Crippen LogP contribution in [0.5, 0.6) is 0 Å². The SMILES string of the molecule is CCC1CCC(C)N1C(=O)CC1COCCN1.Cl. The zero-order valence-electron chi connectivity index (χ0n) is 11.4. The van der Waals surface area contributed by atoms with Gasteiger partial charge in [-0.05, 0) is 26.2 Å². The van der Waals surface area contributed by atoms with Gasteiger partial charge in [0.2, 0.25) is 5.91 Å². The maximum Gasteiger partial charge on any atom is 0.224 e. The lowest BCUT2D eigenvalue weighted by Gasteiger charge is -2.31. The van der Waals surface area contributed by atoms with Crippen molar-refractivity contribution in [3.8, 4) is 0 Å². The van der Waals surface area contributed by atoms with Crippen LogP contribution in [0.4, 0.5) is 0 Å². The molecule has 2 aliphatic rings. The largest absolute Gasteiger partial charge is 0.378 e. The van der Waals surface area contributed by atoms with Gasteiger partial charge in [0, 0.05) is 31.1 Å². The fourth-order valence-corrected chi connectivity index (χ4v) is 2.99. The molecule has 2 rings (SSSR count). The van der Waals surface area contributed by atoms with E-state index >= 15 is 0 Å². The van der Waals surface area contributed by atoms with Gasteiger partial charge in [0.25, 0.3) is 0 Å². The van der Waals surface area contributed by atoms with Crippen molar-refractivity contribution in [1.82, 2.24) is 10.2 Å². The molecule has 0 bridgehead atoms. The highest BCUT2D eigenvalue weighted by molar-refractivity contribution is 5.85. The molecule has 2 aliphatic heterocycles. The van der Waals surface area contributed by atoms with E-state index < -0.39 is 0 Å². The van der Waals surface area contributed by atoms with Crippen LogP contribution in [0.2, 0.25) is 0 Å². The lowest BCUT2D eigenvalue weighted by molar-refractivity contribution is -0.135. The Morgan fingerprint density at radius 3 is 2.83 bits per heavy atom. The number of rotatable bonds is 3. The predicted molar refractivity (Wildman–Crippen MR) is 74.1 cm³/mol. The Balaban J connectivity index is 0.00000162. The number of ether oxygens (including phenoxy) is 1. The first-order chi connectivity index (χ1) is 8.22. The van der Waals surface area contributed by atoms with Crippen molar-refractivity contribution in [2.45, 2.75) is 57.7 Å². The summed E-state index contributed by atoms with van der Waals surface area (Å²) in [5.41, 5.74) is 0. The fourth-order valence-electron chi connectivity index (χ4n) is 2.99. The van der Waals surface area contributed by atoms with Crippen LogP contribution < -0.4 is 5.32 Å². The van der Waals surface area contributed by atoms with Crippen molar-refractivity contribution in [3.05, 3.63) is 0 Å². The van der Waals surface area contributed by atoms with E-state index in [0.717, 1.165) is 32.4 Å². The van der Waals surface area contributed by atoms with Crippen LogP contribution in [0.3, 0.4) is 0 Å². The van der Waals surface area contributed by atoms with Crippen molar-refractivity contribution >= 4 is 18.3 Å². The van der Waals surface area contributed by atoms with Gasteiger partial charge in [-0.2, -0.15) is 0 Å². The molecule has 18 heavy (non-hydrogen) atoms. The molecular formula is C13H25ClN2O2. The average Bonchev–Trinajstić information content (AvgIpc) is 2.71.